The van der Waals surface area contributed by atoms with Crippen LogP contribution in [-0.2, 0) is 0 Å². The van der Waals surface area contributed by atoms with Gasteiger partial charge in [0.05, 0.1) is 0 Å². The lowest BCUT2D eigenvalue weighted by molar-refractivity contribution is 0.447. The first-order valence-corrected chi connectivity index (χ1v) is 9.93. The molecule has 0 aliphatic rings. The van der Waals surface area contributed by atoms with Gasteiger partial charge in [-0.05, 0) is 33.4 Å². The third-order valence-corrected chi connectivity index (χ3v) is 4.50. The molecule has 2 radical (unpaired) electrons. The fraction of sp³-hybridized carbons (Fsp3) is 0. The van der Waals surface area contributed by atoms with Crippen molar-refractivity contribution < 1.29 is 20.1 Å². The van der Waals surface area contributed by atoms with Gasteiger partial charge in [-0.1, -0.05) is 121 Å². The summed E-state index contributed by atoms with van der Waals surface area (Å²) < 4.78 is 0. The standard InChI is InChI=1S/C26H20.2BH2O2/c1-5-13-21(14-6-1)25(22-15-7-2-8-16-22)26(23-17-9-3-10-18-23)24-19-11-4-12-20-24;2*2-1-3/h1-20H;2*2-3H. The molecular formula is C26H24B2O4. The minimum atomic E-state index is 0. The Morgan fingerprint density at radius 3 is 0.656 bits per heavy atom. The van der Waals surface area contributed by atoms with Crippen molar-refractivity contribution >= 4 is 26.5 Å². The zero-order valence-corrected chi connectivity index (χ0v) is 17.5. The zero-order valence-electron chi connectivity index (χ0n) is 17.5. The number of rotatable bonds is 4. The van der Waals surface area contributed by atoms with Gasteiger partial charge in [0.15, 0.2) is 0 Å². The van der Waals surface area contributed by atoms with Gasteiger partial charge in [-0.2, -0.15) is 0 Å². The van der Waals surface area contributed by atoms with Crippen molar-refractivity contribution in [1.29, 1.82) is 0 Å². The van der Waals surface area contributed by atoms with Crippen molar-refractivity contribution in [3.63, 3.8) is 0 Å². The highest BCUT2D eigenvalue weighted by atomic mass is 16.4. The van der Waals surface area contributed by atoms with Crippen molar-refractivity contribution in [2.45, 2.75) is 0 Å². The molecule has 4 N–H and O–H groups in total. The molecule has 4 rings (SSSR count). The molecule has 0 amide bonds. The SMILES string of the molecule is O[B]O.O[B]O.c1ccc(C(=C(c2ccccc2)c2ccccc2)c2ccccc2)cc1. The molecular weight excluding hydrogens is 398 g/mol. The first-order chi connectivity index (χ1) is 15.8. The minimum Gasteiger partial charge on any atom is -0.429 e. The van der Waals surface area contributed by atoms with Crippen LogP contribution in [0.4, 0.5) is 0 Å². The highest BCUT2D eigenvalue weighted by Crippen LogP contribution is 2.36. The van der Waals surface area contributed by atoms with Gasteiger partial charge in [0.2, 0.25) is 0 Å². The van der Waals surface area contributed by atoms with Gasteiger partial charge >= 0.3 is 15.4 Å². The largest absolute Gasteiger partial charge is 0.482 e. The third kappa shape index (κ3) is 7.37. The number of benzene rings is 4. The Bertz CT molecular complexity index is 872. The molecule has 0 aliphatic heterocycles. The Balaban J connectivity index is 0.000000547. The van der Waals surface area contributed by atoms with E-state index in [0.717, 1.165) is 0 Å². The smallest absolute Gasteiger partial charge is 0.429 e. The van der Waals surface area contributed by atoms with Crippen LogP contribution in [0, 0.1) is 0 Å². The molecule has 0 unspecified atom stereocenters. The van der Waals surface area contributed by atoms with E-state index in [-0.39, 0.29) is 15.4 Å². The molecule has 0 saturated heterocycles. The van der Waals surface area contributed by atoms with Crippen molar-refractivity contribution in [2.24, 2.45) is 0 Å². The van der Waals surface area contributed by atoms with Crippen LogP contribution in [0.5, 0.6) is 0 Å². The van der Waals surface area contributed by atoms with E-state index in [0.29, 0.717) is 0 Å². The topological polar surface area (TPSA) is 80.9 Å². The van der Waals surface area contributed by atoms with Gasteiger partial charge in [0.1, 0.15) is 0 Å². The molecule has 0 fully saturated rings. The Hall–Kier alpha value is -3.41. The van der Waals surface area contributed by atoms with Crippen LogP contribution in [0.1, 0.15) is 22.3 Å². The Morgan fingerprint density at radius 2 is 0.500 bits per heavy atom. The van der Waals surface area contributed by atoms with Crippen molar-refractivity contribution in [2.75, 3.05) is 0 Å². The summed E-state index contributed by atoms with van der Waals surface area (Å²) in [5, 5.41) is 28.0. The summed E-state index contributed by atoms with van der Waals surface area (Å²) in [7, 11) is 0. The van der Waals surface area contributed by atoms with Gasteiger partial charge in [0, 0.05) is 0 Å². The van der Waals surface area contributed by atoms with E-state index in [1.54, 1.807) is 0 Å². The second-order valence-corrected chi connectivity index (χ2v) is 6.45. The predicted octanol–water partition coefficient (Wildman–Crippen LogP) is 3.70. The maximum Gasteiger partial charge on any atom is 0.482 e. The van der Waals surface area contributed by atoms with Crippen LogP contribution in [0.3, 0.4) is 0 Å². The Labute approximate surface area is 190 Å². The first-order valence-electron chi connectivity index (χ1n) is 9.93. The molecule has 6 heteroatoms. The summed E-state index contributed by atoms with van der Waals surface area (Å²) in [6.07, 6.45) is 0. The van der Waals surface area contributed by atoms with Crippen molar-refractivity contribution in [3.05, 3.63) is 144 Å². The van der Waals surface area contributed by atoms with Gasteiger partial charge in [0.25, 0.3) is 0 Å². The molecule has 0 spiro atoms. The maximum atomic E-state index is 7.00. The highest BCUT2D eigenvalue weighted by molar-refractivity contribution is 6.13. The molecule has 4 aromatic carbocycles. The quantitative estimate of drug-likeness (QED) is 0.299. The average molecular weight is 422 g/mol. The molecule has 0 bridgehead atoms. The monoisotopic (exact) mass is 422 g/mol. The maximum absolute atomic E-state index is 7.00. The second kappa shape index (κ2) is 14.6. The number of hydrogen-bond acceptors (Lipinski definition) is 4. The van der Waals surface area contributed by atoms with Crippen LogP contribution in [0.2, 0.25) is 0 Å². The van der Waals surface area contributed by atoms with E-state index >= 15 is 0 Å². The summed E-state index contributed by atoms with van der Waals surface area (Å²) >= 11 is 0. The van der Waals surface area contributed by atoms with Crippen molar-refractivity contribution in [1.82, 2.24) is 0 Å². The molecule has 4 nitrogen and oxygen atoms in total. The van der Waals surface area contributed by atoms with E-state index in [4.69, 9.17) is 20.1 Å². The zero-order chi connectivity index (χ0) is 23.0. The van der Waals surface area contributed by atoms with E-state index in [1.807, 2.05) is 0 Å². The number of hydrogen-bond donors (Lipinski definition) is 4. The fourth-order valence-electron chi connectivity index (χ4n) is 3.33. The van der Waals surface area contributed by atoms with Gasteiger partial charge in [-0.3, -0.25) is 0 Å². The van der Waals surface area contributed by atoms with E-state index < -0.39 is 0 Å². The van der Waals surface area contributed by atoms with E-state index in [9.17, 15) is 0 Å². The third-order valence-electron chi connectivity index (χ3n) is 4.50. The summed E-state index contributed by atoms with van der Waals surface area (Å²) in [5.74, 6) is 0. The van der Waals surface area contributed by atoms with Gasteiger partial charge in [-0.25, -0.2) is 0 Å². The Morgan fingerprint density at radius 1 is 0.344 bits per heavy atom. The highest BCUT2D eigenvalue weighted by Gasteiger charge is 2.15. The van der Waals surface area contributed by atoms with Crippen LogP contribution in [0.15, 0.2) is 121 Å². The molecule has 0 saturated carbocycles. The van der Waals surface area contributed by atoms with Gasteiger partial charge < -0.3 is 20.1 Å². The van der Waals surface area contributed by atoms with Crippen LogP contribution in [0.25, 0.3) is 11.1 Å². The lowest BCUT2D eigenvalue weighted by atomic mass is 9.86. The molecule has 0 heterocycles. The molecule has 32 heavy (non-hydrogen) atoms. The Kier molecular flexibility index (Phi) is 11.3. The second-order valence-electron chi connectivity index (χ2n) is 6.45. The molecule has 158 valence electrons. The van der Waals surface area contributed by atoms with E-state index in [1.165, 1.54) is 33.4 Å². The molecule has 4 aromatic rings. The first kappa shape index (κ1) is 24.9. The van der Waals surface area contributed by atoms with Crippen LogP contribution >= 0.6 is 0 Å². The normalized spacial score (nSPS) is 9.25. The molecule has 0 atom stereocenters. The summed E-state index contributed by atoms with van der Waals surface area (Å²) in [6, 6.07) is 42.6. The molecule has 0 aliphatic carbocycles. The average Bonchev–Trinajstić information content (AvgIpc) is 2.86. The van der Waals surface area contributed by atoms with Crippen LogP contribution < -0.4 is 0 Å². The van der Waals surface area contributed by atoms with E-state index in [2.05, 4.69) is 121 Å². The summed E-state index contributed by atoms with van der Waals surface area (Å²) in [5.41, 5.74) is 7.40. The summed E-state index contributed by atoms with van der Waals surface area (Å²) in [4.78, 5) is 0. The lowest BCUT2D eigenvalue weighted by Gasteiger charge is -2.18. The fourth-order valence-corrected chi connectivity index (χ4v) is 3.33. The molecule has 0 aromatic heterocycles. The predicted molar refractivity (Wildman–Crippen MR) is 131 cm³/mol. The lowest BCUT2D eigenvalue weighted by Crippen LogP contribution is -1.97. The van der Waals surface area contributed by atoms with Crippen LogP contribution in [-0.4, -0.2) is 35.5 Å². The minimum absolute atomic E-state index is 0. The summed E-state index contributed by atoms with van der Waals surface area (Å²) in [6.45, 7) is 0. The van der Waals surface area contributed by atoms with Gasteiger partial charge in [-0.15, -0.1) is 0 Å². The van der Waals surface area contributed by atoms with Crippen molar-refractivity contribution in [3.8, 4) is 0 Å².